The summed E-state index contributed by atoms with van der Waals surface area (Å²) in [5.74, 6) is -0.142. The fraction of sp³-hybridized carbons (Fsp3) is 0.200. The van der Waals surface area contributed by atoms with Gasteiger partial charge >= 0.3 is 0 Å². The molecule has 2 heterocycles. The van der Waals surface area contributed by atoms with Crippen LogP contribution in [0.15, 0.2) is 60.9 Å². The van der Waals surface area contributed by atoms with Gasteiger partial charge in [-0.3, -0.25) is 4.79 Å². The fourth-order valence-electron chi connectivity index (χ4n) is 2.78. The van der Waals surface area contributed by atoms with E-state index in [-0.39, 0.29) is 11.9 Å². The third-order valence-corrected chi connectivity index (χ3v) is 3.94. The molecule has 2 aromatic heterocycles. The van der Waals surface area contributed by atoms with Gasteiger partial charge in [-0.2, -0.15) is 0 Å². The summed E-state index contributed by atoms with van der Waals surface area (Å²) in [6.45, 7) is 0.464. The van der Waals surface area contributed by atoms with Crippen LogP contribution in [0.5, 0.6) is 0 Å². The summed E-state index contributed by atoms with van der Waals surface area (Å²) in [4.78, 5) is 19.6. The third kappa shape index (κ3) is 4.55. The van der Waals surface area contributed by atoms with Crippen LogP contribution in [0, 0.1) is 0 Å². The zero-order chi connectivity index (χ0) is 17.5. The van der Waals surface area contributed by atoms with E-state index in [2.05, 4.69) is 15.3 Å². The van der Waals surface area contributed by atoms with E-state index >= 15 is 0 Å². The molecule has 128 valence electrons. The van der Waals surface area contributed by atoms with Gasteiger partial charge in [0.2, 0.25) is 5.91 Å². The minimum Gasteiger partial charge on any atom is -0.383 e. The summed E-state index contributed by atoms with van der Waals surface area (Å²) in [5, 5.41) is 3.99. The smallest absolute Gasteiger partial charge is 0.244 e. The average molecular weight is 335 g/mol. The van der Waals surface area contributed by atoms with E-state index in [1.807, 2.05) is 48.7 Å². The van der Waals surface area contributed by atoms with Crippen molar-refractivity contribution < 1.29 is 9.53 Å². The molecule has 0 saturated carbocycles. The fourth-order valence-corrected chi connectivity index (χ4v) is 2.78. The van der Waals surface area contributed by atoms with E-state index in [9.17, 15) is 4.79 Å². The number of carbonyl (C=O) groups is 1. The van der Waals surface area contributed by atoms with Gasteiger partial charge < -0.3 is 15.0 Å². The number of ether oxygens (including phenoxy) is 1. The van der Waals surface area contributed by atoms with Gasteiger partial charge in [-0.05, 0) is 30.2 Å². The number of benzene rings is 1. The quantitative estimate of drug-likeness (QED) is 0.652. The van der Waals surface area contributed by atoms with E-state index in [1.165, 1.54) is 0 Å². The number of fused-ring (bicyclic) bond motifs is 1. The summed E-state index contributed by atoms with van der Waals surface area (Å²) in [5.41, 5.74) is 2.91. The van der Waals surface area contributed by atoms with Gasteiger partial charge in [0.1, 0.15) is 5.65 Å². The largest absolute Gasteiger partial charge is 0.383 e. The Bertz CT molecular complexity index is 856. The first-order valence-corrected chi connectivity index (χ1v) is 8.20. The van der Waals surface area contributed by atoms with Gasteiger partial charge in [0.25, 0.3) is 0 Å². The van der Waals surface area contributed by atoms with Crippen LogP contribution in [0.3, 0.4) is 0 Å². The second-order valence-electron chi connectivity index (χ2n) is 5.83. The van der Waals surface area contributed by atoms with Crippen LogP contribution >= 0.6 is 0 Å². The topological polar surface area (TPSA) is 67.0 Å². The van der Waals surface area contributed by atoms with Crippen LogP contribution in [-0.2, 0) is 16.0 Å². The van der Waals surface area contributed by atoms with Gasteiger partial charge in [0.05, 0.1) is 12.6 Å². The number of aromatic nitrogens is 2. The van der Waals surface area contributed by atoms with Crippen molar-refractivity contribution in [2.45, 2.75) is 12.5 Å². The molecular formula is C20H21N3O2. The van der Waals surface area contributed by atoms with Crippen LogP contribution in [0.25, 0.3) is 17.1 Å². The van der Waals surface area contributed by atoms with Crippen LogP contribution in [0.4, 0.5) is 0 Å². The summed E-state index contributed by atoms with van der Waals surface area (Å²) >= 11 is 0. The molecule has 0 aliphatic heterocycles. The molecule has 2 N–H and O–H groups in total. The normalized spacial score (nSPS) is 12.5. The number of carbonyl (C=O) groups excluding carboxylic acids is 1. The maximum atomic E-state index is 12.3. The summed E-state index contributed by atoms with van der Waals surface area (Å²) in [7, 11) is 1.64. The molecule has 1 amide bonds. The number of H-pyrrole nitrogens is 1. The number of hydrogen-bond acceptors (Lipinski definition) is 3. The number of aromatic amines is 1. The highest BCUT2D eigenvalue weighted by molar-refractivity contribution is 5.95. The van der Waals surface area contributed by atoms with Crippen LogP contribution in [0.1, 0.15) is 11.1 Å². The lowest BCUT2D eigenvalue weighted by atomic mass is 10.1. The van der Waals surface area contributed by atoms with E-state index in [1.54, 1.807) is 25.5 Å². The highest BCUT2D eigenvalue weighted by Crippen LogP contribution is 2.16. The molecule has 0 aliphatic carbocycles. The number of rotatable bonds is 7. The first-order valence-electron chi connectivity index (χ1n) is 8.20. The van der Waals surface area contributed by atoms with E-state index in [4.69, 9.17) is 4.74 Å². The first kappa shape index (κ1) is 16.9. The molecule has 0 fully saturated rings. The molecule has 5 nitrogen and oxygen atoms in total. The number of nitrogens with one attached hydrogen (secondary N) is 2. The minimum absolute atomic E-state index is 0.0748. The third-order valence-electron chi connectivity index (χ3n) is 3.94. The lowest BCUT2D eigenvalue weighted by Gasteiger charge is -2.17. The summed E-state index contributed by atoms with van der Waals surface area (Å²) < 4.78 is 5.23. The number of nitrogens with zero attached hydrogens (tertiary/aromatic N) is 1. The Hall–Kier alpha value is -2.92. The predicted molar refractivity (Wildman–Crippen MR) is 99.1 cm³/mol. The van der Waals surface area contributed by atoms with Gasteiger partial charge in [-0.15, -0.1) is 0 Å². The number of pyridine rings is 1. The monoisotopic (exact) mass is 335 g/mol. The second-order valence-corrected chi connectivity index (χ2v) is 5.83. The predicted octanol–water partition coefficient (Wildman–Crippen LogP) is 2.95. The molecule has 0 aliphatic rings. The maximum Gasteiger partial charge on any atom is 0.244 e. The van der Waals surface area contributed by atoms with Crippen molar-refractivity contribution in [3.8, 4) is 0 Å². The van der Waals surface area contributed by atoms with Crippen molar-refractivity contribution in [2.24, 2.45) is 0 Å². The Morgan fingerprint density at radius 3 is 2.92 bits per heavy atom. The van der Waals surface area contributed by atoms with Crippen LogP contribution in [0.2, 0.25) is 0 Å². The Morgan fingerprint density at radius 1 is 1.28 bits per heavy atom. The molecule has 3 rings (SSSR count). The van der Waals surface area contributed by atoms with Gasteiger partial charge in [-0.25, -0.2) is 4.98 Å². The van der Waals surface area contributed by atoms with E-state index in [0.29, 0.717) is 6.61 Å². The SMILES string of the molecule is COC[C@H](Cc1ccccc1)NC(=O)/C=C/c1c[nH]c2ncccc12. The van der Waals surface area contributed by atoms with Crippen molar-refractivity contribution in [2.75, 3.05) is 13.7 Å². The van der Waals surface area contributed by atoms with Gasteiger partial charge in [0.15, 0.2) is 0 Å². The molecule has 0 bridgehead atoms. The Balaban J connectivity index is 1.65. The second kappa shape index (κ2) is 8.26. The average Bonchev–Trinajstić information content (AvgIpc) is 3.04. The van der Waals surface area contributed by atoms with Crippen molar-refractivity contribution in [3.63, 3.8) is 0 Å². The van der Waals surface area contributed by atoms with Crippen molar-refractivity contribution >= 4 is 23.0 Å². The Morgan fingerprint density at radius 2 is 2.12 bits per heavy atom. The number of amides is 1. The van der Waals surface area contributed by atoms with E-state index < -0.39 is 0 Å². The van der Waals surface area contributed by atoms with Gasteiger partial charge in [0, 0.05) is 36.5 Å². The molecule has 0 saturated heterocycles. The molecule has 0 unspecified atom stereocenters. The maximum absolute atomic E-state index is 12.3. The lowest BCUT2D eigenvalue weighted by Crippen LogP contribution is -2.38. The summed E-state index contributed by atoms with van der Waals surface area (Å²) in [6.07, 6.45) is 7.65. The van der Waals surface area contributed by atoms with Crippen molar-refractivity contribution in [1.29, 1.82) is 0 Å². The standard InChI is InChI=1S/C20H21N3O2/c1-25-14-17(12-15-6-3-2-4-7-15)23-19(24)10-9-16-13-22-20-18(16)8-5-11-21-20/h2-11,13,17H,12,14H2,1H3,(H,21,22)(H,23,24)/b10-9+/t17-/m0/s1. The lowest BCUT2D eigenvalue weighted by molar-refractivity contribution is -0.117. The van der Waals surface area contributed by atoms with Crippen molar-refractivity contribution in [3.05, 3.63) is 72.1 Å². The van der Waals surface area contributed by atoms with Crippen LogP contribution < -0.4 is 5.32 Å². The number of hydrogen-bond donors (Lipinski definition) is 2. The molecule has 1 atom stereocenters. The Labute approximate surface area is 146 Å². The molecule has 1 aromatic carbocycles. The molecule has 5 heteroatoms. The Kier molecular flexibility index (Phi) is 5.59. The van der Waals surface area contributed by atoms with Gasteiger partial charge in [-0.1, -0.05) is 30.3 Å². The minimum atomic E-state index is -0.142. The molecule has 25 heavy (non-hydrogen) atoms. The summed E-state index contributed by atoms with van der Waals surface area (Å²) in [6, 6.07) is 13.8. The highest BCUT2D eigenvalue weighted by atomic mass is 16.5. The molecule has 3 aromatic rings. The highest BCUT2D eigenvalue weighted by Gasteiger charge is 2.11. The first-order chi connectivity index (χ1) is 12.3. The van der Waals surface area contributed by atoms with E-state index in [0.717, 1.165) is 28.6 Å². The zero-order valence-electron chi connectivity index (χ0n) is 14.1. The number of methoxy groups -OCH3 is 1. The molecule has 0 spiro atoms. The molecular weight excluding hydrogens is 314 g/mol. The van der Waals surface area contributed by atoms with Crippen LogP contribution in [-0.4, -0.2) is 35.6 Å². The van der Waals surface area contributed by atoms with Crippen molar-refractivity contribution in [1.82, 2.24) is 15.3 Å². The zero-order valence-corrected chi connectivity index (χ0v) is 14.1. The molecule has 0 radical (unpaired) electrons.